The molecule has 0 fully saturated rings. The van der Waals surface area contributed by atoms with Crippen molar-refractivity contribution in [1.29, 1.82) is 0 Å². The molecule has 1 rings (SSSR count). The number of hydrogen-bond acceptors (Lipinski definition) is 2. The summed E-state index contributed by atoms with van der Waals surface area (Å²) >= 11 is 0. The predicted octanol–water partition coefficient (Wildman–Crippen LogP) is 3.04. The van der Waals surface area contributed by atoms with E-state index in [0.717, 1.165) is 12.0 Å². The van der Waals surface area contributed by atoms with E-state index in [0.29, 0.717) is 25.9 Å². The van der Waals surface area contributed by atoms with Crippen molar-refractivity contribution in [3.63, 3.8) is 0 Å². The smallest absolute Gasteiger partial charge is 0.242 e. The van der Waals surface area contributed by atoms with E-state index < -0.39 is 6.04 Å². The van der Waals surface area contributed by atoms with Gasteiger partial charge >= 0.3 is 0 Å². The molecule has 0 aliphatic rings. The molecule has 0 saturated heterocycles. The van der Waals surface area contributed by atoms with Gasteiger partial charge in [-0.15, -0.1) is 0 Å². The van der Waals surface area contributed by atoms with Gasteiger partial charge in [0.25, 0.3) is 0 Å². The van der Waals surface area contributed by atoms with Gasteiger partial charge in [0.2, 0.25) is 11.8 Å². The SMILES string of the molecule is CCCC(=O)N(Cc1ccc(C)cc1)[C@H](CC)C(=O)NCC. The number of carbonyl (C=O) groups excluding carboxylic acids is 2. The quantitative estimate of drug-likeness (QED) is 0.802. The van der Waals surface area contributed by atoms with Crippen LogP contribution < -0.4 is 5.32 Å². The van der Waals surface area contributed by atoms with Gasteiger partial charge < -0.3 is 10.2 Å². The fourth-order valence-corrected chi connectivity index (χ4v) is 2.46. The molecule has 0 aromatic heterocycles. The number of likely N-dealkylation sites (N-methyl/N-ethyl adjacent to an activating group) is 1. The Kier molecular flexibility index (Phi) is 7.64. The normalized spacial score (nSPS) is 11.8. The Bertz CT molecular complexity index is 482. The molecule has 1 aromatic carbocycles. The monoisotopic (exact) mass is 304 g/mol. The molecule has 22 heavy (non-hydrogen) atoms. The summed E-state index contributed by atoms with van der Waals surface area (Å²) < 4.78 is 0. The molecule has 0 saturated carbocycles. The van der Waals surface area contributed by atoms with Crippen molar-refractivity contribution in [3.05, 3.63) is 35.4 Å². The first-order valence-corrected chi connectivity index (χ1v) is 8.16. The molecular formula is C18H28N2O2. The van der Waals surface area contributed by atoms with Crippen molar-refractivity contribution in [3.8, 4) is 0 Å². The summed E-state index contributed by atoms with van der Waals surface area (Å²) in [5.74, 6) is -0.0252. The van der Waals surface area contributed by atoms with Crippen LogP contribution in [0, 0.1) is 6.92 Å². The van der Waals surface area contributed by atoms with Crippen LogP contribution in [0.25, 0.3) is 0 Å². The second-order valence-corrected chi connectivity index (χ2v) is 5.58. The lowest BCUT2D eigenvalue weighted by atomic mass is 10.1. The van der Waals surface area contributed by atoms with Crippen molar-refractivity contribution in [2.45, 2.75) is 59.5 Å². The molecule has 0 aliphatic carbocycles. The molecule has 0 unspecified atom stereocenters. The highest BCUT2D eigenvalue weighted by Gasteiger charge is 2.27. The Balaban J connectivity index is 2.97. The van der Waals surface area contributed by atoms with Gasteiger partial charge in [-0.05, 0) is 32.3 Å². The van der Waals surface area contributed by atoms with Crippen molar-refractivity contribution < 1.29 is 9.59 Å². The summed E-state index contributed by atoms with van der Waals surface area (Å²) in [6.07, 6.45) is 1.88. The zero-order valence-electron chi connectivity index (χ0n) is 14.2. The maximum Gasteiger partial charge on any atom is 0.242 e. The van der Waals surface area contributed by atoms with Gasteiger partial charge in [-0.2, -0.15) is 0 Å². The van der Waals surface area contributed by atoms with Crippen LogP contribution in [0.3, 0.4) is 0 Å². The van der Waals surface area contributed by atoms with E-state index in [-0.39, 0.29) is 11.8 Å². The Morgan fingerprint density at radius 1 is 1.14 bits per heavy atom. The molecular weight excluding hydrogens is 276 g/mol. The zero-order valence-corrected chi connectivity index (χ0v) is 14.2. The van der Waals surface area contributed by atoms with Crippen LogP contribution in [-0.2, 0) is 16.1 Å². The molecule has 1 atom stereocenters. The Labute approximate surface area is 133 Å². The van der Waals surface area contributed by atoms with Gasteiger partial charge in [0.15, 0.2) is 0 Å². The Morgan fingerprint density at radius 3 is 2.27 bits per heavy atom. The molecule has 0 bridgehead atoms. The third-order valence-electron chi connectivity index (χ3n) is 3.67. The first-order chi connectivity index (χ1) is 10.5. The topological polar surface area (TPSA) is 49.4 Å². The highest BCUT2D eigenvalue weighted by Crippen LogP contribution is 2.14. The lowest BCUT2D eigenvalue weighted by molar-refractivity contribution is -0.141. The summed E-state index contributed by atoms with van der Waals surface area (Å²) in [7, 11) is 0. The third kappa shape index (κ3) is 5.17. The summed E-state index contributed by atoms with van der Waals surface area (Å²) in [5, 5.41) is 2.84. The van der Waals surface area contributed by atoms with Gasteiger partial charge in [0.05, 0.1) is 0 Å². The molecule has 4 nitrogen and oxygen atoms in total. The van der Waals surface area contributed by atoms with Crippen LogP contribution >= 0.6 is 0 Å². The predicted molar refractivity (Wildman–Crippen MR) is 89.4 cm³/mol. The van der Waals surface area contributed by atoms with Crippen molar-refractivity contribution in [1.82, 2.24) is 10.2 Å². The van der Waals surface area contributed by atoms with Gasteiger partial charge in [0, 0.05) is 19.5 Å². The minimum Gasteiger partial charge on any atom is -0.355 e. The summed E-state index contributed by atoms with van der Waals surface area (Å²) in [5.41, 5.74) is 2.24. The van der Waals surface area contributed by atoms with E-state index in [9.17, 15) is 9.59 Å². The maximum absolute atomic E-state index is 12.5. The van der Waals surface area contributed by atoms with Crippen LogP contribution in [0.4, 0.5) is 0 Å². The van der Waals surface area contributed by atoms with E-state index in [4.69, 9.17) is 0 Å². The van der Waals surface area contributed by atoms with E-state index in [2.05, 4.69) is 5.32 Å². The Morgan fingerprint density at radius 2 is 1.77 bits per heavy atom. The van der Waals surface area contributed by atoms with Crippen LogP contribution in [-0.4, -0.2) is 29.3 Å². The highest BCUT2D eigenvalue weighted by atomic mass is 16.2. The van der Waals surface area contributed by atoms with E-state index in [1.54, 1.807) is 4.90 Å². The van der Waals surface area contributed by atoms with E-state index >= 15 is 0 Å². The van der Waals surface area contributed by atoms with Crippen LogP contribution in [0.2, 0.25) is 0 Å². The molecule has 4 heteroatoms. The van der Waals surface area contributed by atoms with Crippen LogP contribution in [0.5, 0.6) is 0 Å². The third-order valence-corrected chi connectivity index (χ3v) is 3.67. The van der Waals surface area contributed by atoms with Crippen molar-refractivity contribution in [2.24, 2.45) is 0 Å². The summed E-state index contributed by atoms with van der Waals surface area (Å²) in [4.78, 5) is 26.5. The minimum atomic E-state index is -0.402. The largest absolute Gasteiger partial charge is 0.355 e. The Hall–Kier alpha value is -1.84. The van der Waals surface area contributed by atoms with Crippen molar-refractivity contribution in [2.75, 3.05) is 6.54 Å². The standard InChI is InChI=1S/C18H28N2O2/c1-5-8-17(21)20(16(6-2)18(22)19-7-3)13-15-11-9-14(4)10-12-15/h9-12,16H,5-8,13H2,1-4H3,(H,19,22)/t16-/m1/s1. The van der Waals surface area contributed by atoms with E-state index in [1.807, 2.05) is 52.0 Å². The first-order valence-electron chi connectivity index (χ1n) is 8.16. The fraction of sp³-hybridized carbons (Fsp3) is 0.556. The van der Waals surface area contributed by atoms with Crippen LogP contribution in [0.15, 0.2) is 24.3 Å². The van der Waals surface area contributed by atoms with Gasteiger partial charge in [-0.25, -0.2) is 0 Å². The number of aryl methyl sites for hydroxylation is 1. The zero-order chi connectivity index (χ0) is 16.5. The lowest BCUT2D eigenvalue weighted by Crippen LogP contribution is -2.48. The lowest BCUT2D eigenvalue weighted by Gasteiger charge is -2.30. The molecule has 1 N–H and O–H groups in total. The molecule has 0 spiro atoms. The highest BCUT2D eigenvalue weighted by molar-refractivity contribution is 5.87. The maximum atomic E-state index is 12.5. The van der Waals surface area contributed by atoms with Gasteiger partial charge in [-0.3, -0.25) is 9.59 Å². The van der Waals surface area contributed by atoms with Crippen LogP contribution in [0.1, 0.15) is 51.2 Å². The number of rotatable bonds is 8. The number of benzene rings is 1. The molecule has 2 amide bonds. The number of nitrogens with one attached hydrogen (secondary N) is 1. The summed E-state index contributed by atoms with van der Waals surface area (Å²) in [6, 6.07) is 7.70. The second-order valence-electron chi connectivity index (χ2n) is 5.58. The summed E-state index contributed by atoms with van der Waals surface area (Å²) in [6.45, 7) is 8.91. The average Bonchev–Trinajstić information content (AvgIpc) is 2.49. The average molecular weight is 304 g/mol. The number of carbonyl (C=O) groups is 2. The van der Waals surface area contributed by atoms with Gasteiger partial charge in [0.1, 0.15) is 6.04 Å². The molecule has 122 valence electrons. The van der Waals surface area contributed by atoms with E-state index in [1.165, 1.54) is 5.56 Å². The second kappa shape index (κ2) is 9.23. The number of hydrogen-bond donors (Lipinski definition) is 1. The molecule has 0 aliphatic heterocycles. The molecule has 1 aromatic rings. The fourth-order valence-electron chi connectivity index (χ4n) is 2.46. The number of nitrogens with zero attached hydrogens (tertiary/aromatic N) is 1. The first kappa shape index (κ1) is 18.2. The van der Waals surface area contributed by atoms with Crippen molar-refractivity contribution >= 4 is 11.8 Å². The molecule has 0 radical (unpaired) electrons. The minimum absolute atomic E-state index is 0.0428. The molecule has 0 heterocycles. The number of amides is 2. The van der Waals surface area contributed by atoms with Gasteiger partial charge in [-0.1, -0.05) is 43.7 Å².